The normalized spacial score (nSPS) is 14.4. The van der Waals surface area contributed by atoms with Crippen molar-refractivity contribution in [3.63, 3.8) is 0 Å². The Bertz CT molecular complexity index is 1500. The van der Waals surface area contributed by atoms with E-state index >= 15 is 0 Å². The number of benzene rings is 2. The van der Waals surface area contributed by atoms with Crippen molar-refractivity contribution in [1.82, 2.24) is 9.97 Å². The van der Waals surface area contributed by atoms with Crippen LogP contribution in [0, 0.1) is 0 Å². The van der Waals surface area contributed by atoms with Crippen molar-refractivity contribution in [2.75, 3.05) is 43.6 Å². The van der Waals surface area contributed by atoms with Crippen molar-refractivity contribution < 1.29 is 14.2 Å². The SMILES string of the molecule is COc1cnccc1CNc1ccc2c(c1)Sc1cccc(-c3cc(N4CCOCC4)cc(=O)[nH]3)c1O2. The van der Waals surface area contributed by atoms with Gasteiger partial charge >= 0.3 is 0 Å². The highest BCUT2D eigenvalue weighted by atomic mass is 32.2. The van der Waals surface area contributed by atoms with Crippen LogP contribution in [0.2, 0.25) is 0 Å². The summed E-state index contributed by atoms with van der Waals surface area (Å²) in [5.74, 6) is 2.28. The maximum atomic E-state index is 12.6. The Balaban J connectivity index is 1.26. The molecule has 0 saturated carbocycles. The second kappa shape index (κ2) is 10.2. The van der Waals surface area contributed by atoms with E-state index < -0.39 is 0 Å². The van der Waals surface area contributed by atoms with Crippen LogP contribution in [0.3, 0.4) is 0 Å². The molecule has 8 nitrogen and oxygen atoms in total. The molecule has 0 aliphatic carbocycles. The first-order valence-corrected chi connectivity index (χ1v) is 12.9. The summed E-state index contributed by atoms with van der Waals surface area (Å²) in [5.41, 5.74) is 4.36. The van der Waals surface area contributed by atoms with Crippen LogP contribution in [0.5, 0.6) is 17.2 Å². The molecule has 2 aliphatic rings. The van der Waals surface area contributed by atoms with Crippen molar-refractivity contribution in [1.29, 1.82) is 0 Å². The number of H-pyrrole nitrogens is 1. The Morgan fingerprint density at radius 1 is 1.11 bits per heavy atom. The highest BCUT2D eigenvalue weighted by molar-refractivity contribution is 7.99. The molecule has 2 aliphatic heterocycles. The molecule has 6 rings (SSSR count). The van der Waals surface area contributed by atoms with E-state index in [1.807, 2.05) is 42.5 Å². The van der Waals surface area contributed by atoms with Crippen LogP contribution in [0.4, 0.5) is 11.4 Å². The Morgan fingerprint density at radius 3 is 2.86 bits per heavy atom. The molecule has 2 aromatic carbocycles. The van der Waals surface area contributed by atoms with E-state index in [9.17, 15) is 4.79 Å². The third-order valence-corrected chi connectivity index (χ3v) is 7.50. The number of hydrogen-bond donors (Lipinski definition) is 2. The topological polar surface area (TPSA) is 88.7 Å². The molecule has 4 heterocycles. The standard InChI is InChI=1S/C28H26N4O4S/c1-34-24-17-29-8-7-18(24)16-30-19-5-6-23-26(13-19)37-25-4-2-3-21(28(25)36-23)22-14-20(15-27(33)31-22)32-9-11-35-12-10-32/h2-8,13-15,17,30H,9-12,16H2,1H3,(H,31,33). The second-order valence-electron chi connectivity index (χ2n) is 8.76. The van der Waals surface area contributed by atoms with Gasteiger partial charge in [-0.25, -0.2) is 0 Å². The molecule has 1 fully saturated rings. The molecule has 4 aromatic rings. The number of aromatic nitrogens is 2. The number of nitrogens with zero attached hydrogens (tertiary/aromatic N) is 2. The van der Waals surface area contributed by atoms with Gasteiger partial charge < -0.3 is 29.4 Å². The summed E-state index contributed by atoms with van der Waals surface area (Å²) in [6, 6.07) is 17.7. The van der Waals surface area contributed by atoms with Gasteiger partial charge in [0.1, 0.15) is 11.5 Å². The van der Waals surface area contributed by atoms with Gasteiger partial charge in [-0.15, -0.1) is 0 Å². The van der Waals surface area contributed by atoms with E-state index in [4.69, 9.17) is 14.2 Å². The van der Waals surface area contributed by atoms with Crippen LogP contribution >= 0.6 is 11.8 Å². The lowest BCUT2D eigenvalue weighted by molar-refractivity contribution is 0.122. The number of methoxy groups -OCH3 is 1. The van der Waals surface area contributed by atoms with Crippen LogP contribution < -0.4 is 25.2 Å². The van der Waals surface area contributed by atoms with Crippen molar-refractivity contribution in [3.05, 3.63) is 82.9 Å². The van der Waals surface area contributed by atoms with Crippen molar-refractivity contribution in [3.8, 4) is 28.5 Å². The van der Waals surface area contributed by atoms with Gasteiger partial charge in [0.2, 0.25) is 5.56 Å². The second-order valence-corrected chi connectivity index (χ2v) is 9.84. The average Bonchev–Trinajstić information content (AvgIpc) is 2.95. The number of morpholine rings is 1. The quantitative estimate of drug-likeness (QED) is 0.322. The Labute approximate surface area is 218 Å². The maximum Gasteiger partial charge on any atom is 0.250 e. The summed E-state index contributed by atoms with van der Waals surface area (Å²) >= 11 is 1.65. The van der Waals surface area contributed by atoms with Crippen LogP contribution in [-0.2, 0) is 11.3 Å². The monoisotopic (exact) mass is 514 g/mol. The highest BCUT2D eigenvalue weighted by Gasteiger charge is 2.23. The zero-order valence-corrected chi connectivity index (χ0v) is 21.1. The summed E-state index contributed by atoms with van der Waals surface area (Å²) in [5, 5.41) is 3.46. The number of nitrogens with one attached hydrogen (secondary N) is 2. The fourth-order valence-corrected chi connectivity index (χ4v) is 5.56. The van der Waals surface area contributed by atoms with Gasteiger partial charge in [0.05, 0.1) is 42.0 Å². The highest BCUT2D eigenvalue weighted by Crippen LogP contribution is 2.51. The molecule has 0 amide bonds. The van der Waals surface area contributed by atoms with Crippen LogP contribution in [-0.4, -0.2) is 43.4 Å². The summed E-state index contributed by atoms with van der Waals surface area (Å²) in [6.07, 6.45) is 3.47. The average molecular weight is 515 g/mol. The molecule has 0 bridgehead atoms. The predicted octanol–water partition coefficient (Wildman–Crippen LogP) is 5.15. The summed E-state index contributed by atoms with van der Waals surface area (Å²) in [6.45, 7) is 3.46. The molecule has 1 saturated heterocycles. The van der Waals surface area contributed by atoms with Crippen molar-refractivity contribution in [2.45, 2.75) is 16.3 Å². The van der Waals surface area contributed by atoms with Crippen LogP contribution in [0.15, 0.2) is 81.6 Å². The van der Waals surface area contributed by atoms with Crippen LogP contribution in [0.1, 0.15) is 5.56 Å². The zero-order chi connectivity index (χ0) is 25.2. The third kappa shape index (κ3) is 4.87. The lowest BCUT2D eigenvalue weighted by atomic mass is 10.1. The van der Waals surface area contributed by atoms with Crippen molar-refractivity contribution >= 4 is 23.1 Å². The summed E-state index contributed by atoms with van der Waals surface area (Å²) in [7, 11) is 1.65. The van der Waals surface area contributed by atoms with E-state index in [0.29, 0.717) is 19.8 Å². The van der Waals surface area contributed by atoms with Gasteiger partial charge in [-0.2, -0.15) is 0 Å². The molecular formula is C28H26N4O4S. The molecule has 9 heteroatoms. The van der Waals surface area contributed by atoms with E-state index in [-0.39, 0.29) is 5.56 Å². The molecule has 0 atom stereocenters. The van der Waals surface area contributed by atoms with E-state index in [0.717, 1.165) is 68.3 Å². The number of hydrogen-bond acceptors (Lipinski definition) is 8. The molecular weight excluding hydrogens is 488 g/mol. The molecule has 0 radical (unpaired) electrons. The van der Waals surface area contributed by atoms with Gasteiger partial charge in [-0.3, -0.25) is 9.78 Å². The number of ether oxygens (including phenoxy) is 3. The molecule has 188 valence electrons. The lowest BCUT2D eigenvalue weighted by Crippen LogP contribution is -2.36. The van der Waals surface area contributed by atoms with Crippen LogP contribution in [0.25, 0.3) is 11.3 Å². The molecule has 2 aromatic heterocycles. The van der Waals surface area contributed by atoms with Crippen molar-refractivity contribution in [2.24, 2.45) is 0 Å². The van der Waals surface area contributed by atoms with Gasteiger partial charge in [-0.05, 0) is 42.5 Å². The van der Waals surface area contributed by atoms with Gasteiger partial charge in [0.15, 0.2) is 5.75 Å². The first-order valence-electron chi connectivity index (χ1n) is 12.1. The molecule has 0 unspecified atom stereocenters. The number of aromatic amines is 1. The zero-order valence-electron chi connectivity index (χ0n) is 20.3. The fraction of sp³-hybridized carbons (Fsp3) is 0.214. The number of pyridine rings is 2. The summed E-state index contributed by atoms with van der Waals surface area (Å²) in [4.78, 5) is 23.9. The Hall–Kier alpha value is -3.95. The number of rotatable bonds is 6. The van der Waals surface area contributed by atoms with Gasteiger partial charge in [-0.1, -0.05) is 17.8 Å². The van der Waals surface area contributed by atoms with E-state index in [2.05, 4.69) is 26.3 Å². The first-order chi connectivity index (χ1) is 18.2. The Morgan fingerprint density at radius 2 is 2.00 bits per heavy atom. The predicted molar refractivity (Wildman–Crippen MR) is 144 cm³/mol. The minimum atomic E-state index is -0.137. The number of para-hydroxylation sites is 1. The van der Waals surface area contributed by atoms with E-state index in [1.54, 1.807) is 37.3 Å². The number of anilines is 2. The van der Waals surface area contributed by atoms with E-state index in [1.165, 1.54) is 0 Å². The minimum absolute atomic E-state index is 0.137. The Kier molecular flexibility index (Phi) is 6.46. The smallest absolute Gasteiger partial charge is 0.250 e. The molecule has 2 N–H and O–H groups in total. The summed E-state index contributed by atoms with van der Waals surface area (Å²) < 4.78 is 17.3. The molecule has 0 spiro atoms. The fourth-order valence-electron chi connectivity index (χ4n) is 4.54. The largest absolute Gasteiger partial charge is 0.495 e. The number of fused-ring (bicyclic) bond motifs is 2. The maximum absolute atomic E-state index is 12.6. The molecule has 37 heavy (non-hydrogen) atoms. The van der Waals surface area contributed by atoms with Gasteiger partial charge in [0, 0.05) is 54.4 Å². The lowest BCUT2D eigenvalue weighted by Gasteiger charge is -2.29. The van der Waals surface area contributed by atoms with Gasteiger partial charge in [0.25, 0.3) is 0 Å². The third-order valence-electron chi connectivity index (χ3n) is 6.42. The minimum Gasteiger partial charge on any atom is -0.495 e. The first kappa shape index (κ1) is 23.4.